The number of urea groups is 2. The Hall–Kier alpha value is -5.47. The van der Waals surface area contributed by atoms with Crippen LogP contribution >= 0.6 is 0 Å². The van der Waals surface area contributed by atoms with Crippen molar-refractivity contribution >= 4 is 71.4 Å². The number of benzene rings is 2. The van der Waals surface area contributed by atoms with Gasteiger partial charge in [-0.05, 0) is 36.6 Å². The van der Waals surface area contributed by atoms with Crippen molar-refractivity contribution in [2.45, 2.75) is 83.6 Å². The second-order valence-corrected chi connectivity index (χ2v) is 21.4. The first-order chi connectivity index (χ1) is 27.8. The zero-order valence-electron chi connectivity index (χ0n) is 33.8. The lowest BCUT2D eigenvalue weighted by Gasteiger charge is -2.37. The number of likely N-dealkylation sites (N-methyl/N-ethyl adjacent to an activating group) is 1. The Morgan fingerprint density at radius 2 is 1.32 bits per heavy atom. The molecule has 18 nitrogen and oxygen atoms in total. The number of nitrogens with one attached hydrogen (secondary N) is 2. The summed E-state index contributed by atoms with van der Waals surface area (Å²) in [5.74, 6) is -5.96. The van der Waals surface area contributed by atoms with Crippen molar-refractivity contribution in [2.24, 2.45) is 0 Å². The van der Waals surface area contributed by atoms with Gasteiger partial charge in [0.15, 0.2) is 11.3 Å². The molecule has 2 fully saturated rings. The molecule has 2 saturated heterocycles. The monoisotopic (exact) mass is 855 g/mol. The highest BCUT2D eigenvalue weighted by Gasteiger charge is 2.50. The van der Waals surface area contributed by atoms with Crippen LogP contribution < -0.4 is 20.0 Å². The predicted molar refractivity (Wildman–Crippen MR) is 216 cm³/mol. The molecule has 2 aliphatic rings. The van der Waals surface area contributed by atoms with E-state index >= 15 is 4.79 Å². The normalized spacial score (nSPS) is 16.7. The van der Waals surface area contributed by atoms with Crippen LogP contribution in [0.5, 0.6) is 5.75 Å². The zero-order chi connectivity index (χ0) is 43.7. The van der Waals surface area contributed by atoms with Gasteiger partial charge < -0.3 is 24.6 Å². The molecule has 0 aliphatic carbocycles. The number of hydrogen-bond donors (Lipinski definition) is 3. The number of amides is 8. The molecule has 4 rings (SSSR count). The minimum atomic E-state index is -4.97. The summed E-state index contributed by atoms with van der Waals surface area (Å²) in [6.07, 6.45) is 7.34. The third kappa shape index (κ3) is 11.2. The van der Waals surface area contributed by atoms with Crippen LogP contribution in [0.15, 0.2) is 48.5 Å². The van der Waals surface area contributed by atoms with Gasteiger partial charge in [0.2, 0.25) is 6.29 Å². The molecule has 0 bridgehead atoms. The van der Waals surface area contributed by atoms with Gasteiger partial charge in [-0.3, -0.25) is 43.1 Å². The zero-order valence-corrected chi connectivity index (χ0v) is 35.6. The van der Waals surface area contributed by atoms with Gasteiger partial charge >= 0.3 is 46.1 Å². The number of carbonyl (C=O) groups excluding carboxylic acids is 8. The minimum absolute atomic E-state index is 0.0107. The van der Waals surface area contributed by atoms with Crippen molar-refractivity contribution < 1.29 is 55.5 Å². The molecule has 2 aromatic carbocycles. The fourth-order valence-electron chi connectivity index (χ4n) is 6.75. The highest BCUT2D eigenvalue weighted by molar-refractivity contribution is 7.81. The van der Waals surface area contributed by atoms with E-state index in [1.165, 1.54) is 21.9 Å². The quantitative estimate of drug-likeness (QED) is 0.0644. The molecule has 2 aromatic rings. The van der Waals surface area contributed by atoms with Crippen LogP contribution in [0.2, 0.25) is 19.6 Å². The third-order valence-electron chi connectivity index (χ3n) is 10.2. The topological polar surface area (TPSA) is 237 Å². The summed E-state index contributed by atoms with van der Waals surface area (Å²) in [7, 11) is -6.95. The van der Waals surface area contributed by atoms with Gasteiger partial charge in [-0.25, -0.2) is 9.59 Å². The Labute approximate surface area is 344 Å². The Morgan fingerprint density at radius 1 is 0.780 bits per heavy atom. The van der Waals surface area contributed by atoms with Crippen molar-refractivity contribution in [3.05, 3.63) is 59.7 Å². The van der Waals surface area contributed by atoms with Crippen molar-refractivity contribution in [3.63, 3.8) is 0 Å². The van der Waals surface area contributed by atoms with Crippen LogP contribution in [-0.4, -0.2) is 128 Å². The number of imide groups is 2. The molecule has 2 atom stereocenters. The third-order valence-corrected chi connectivity index (χ3v) is 12.7. The van der Waals surface area contributed by atoms with Crippen molar-refractivity contribution in [1.82, 2.24) is 30.2 Å². The summed E-state index contributed by atoms with van der Waals surface area (Å²) in [5, 5.41) is 5.62. The standard InChI is InChI=1S/C39H51N6O12SSi/c1-6-8-9-10-11-12-21-43-23-25-44(36(51)34(43)49)37(52)40-31(27-13-17-29(18-14-27)57-58(54,55)56)32(47)39(26-46,28-15-19-30(20-16-28)59(3,4)5)41-38(53)45-24-22-42(7-2)33(48)35(45)50/h13-20,31H,6-12,21-25H2,1-5H3,(H,40,52)(H,41,53)(H,54,55,56). The Balaban J connectivity index is 1.74. The largest absolute Gasteiger partial charge is 0.446 e. The summed E-state index contributed by atoms with van der Waals surface area (Å²) in [4.78, 5) is 112. The van der Waals surface area contributed by atoms with Gasteiger partial charge in [0.05, 0.1) is 8.07 Å². The van der Waals surface area contributed by atoms with E-state index in [4.69, 9.17) is 0 Å². The van der Waals surface area contributed by atoms with E-state index in [9.17, 15) is 46.5 Å². The van der Waals surface area contributed by atoms with E-state index < -0.39 is 77.3 Å². The van der Waals surface area contributed by atoms with Crippen LogP contribution in [0, 0.1) is 0 Å². The summed E-state index contributed by atoms with van der Waals surface area (Å²) < 4.78 is 36.4. The Morgan fingerprint density at radius 3 is 1.86 bits per heavy atom. The van der Waals surface area contributed by atoms with E-state index in [1.54, 1.807) is 25.3 Å². The smallest absolute Gasteiger partial charge is 0.362 e. The number of hydrogen-bond acceptors (Lipinski definition) is 11. The maximum Gasteiger partial charge on any atom is 0.446 e. The number of piperazine rings is 2. The van der Waals surface area contributed by atoms with Gasteiger partial charge in [-0.2, -0.15) is 8.42 Å². The lowest BCUT2D eigenvalue weighted by atomic mass is 9.81. The van der Waals surface area contributed by atoms with E-state index in [2.05, 4.69) is 21.7 Å². The minimum Gasteiger partial charge on any atom is -0.362 e. The molecular weight excluding hydrogens is 805 g/mol. The van der Waals surface area contributed by atoms with E-state index in [0.29, 0.717) is 22.8 Å². The number of ketones is 1. The van der Waals surface area contributed by atoms with Gasteiger partial charge in [0, 0.05) is 39.3 Å². The Bertz CT molecular complexity index is 2040. The predicted octanol–water partition coefficient (Wildman–Crippen LogP) is 2.17. The average molecular weight is 856 g/mol. The van der Waals surface area contributed by atoms with E-state index in [1.807, 2.05) is 19.6 Å². The first kappa shape index (κ1) is 46.2. The van der Waals surface area contributed by atoms with E-state index in [0.717, 1.165) is 61.6 Å². The molecule has 8 amide bonds. The van der Waals surface area contributed by atoms with Gasteiger partial charge in [-0.1, -0.05) is 100 Å². The molecule has 2 unspecified atom stereocenters. The average Bonchev–Trinajstić information content (AvgIpc) is 3.19. The molecule has 20 heteroatoms. The molecule has 59 heavy (non-hydrogen) atoms. The van der Waals surface area contributed by atoms with Crippen LogP contribution in [0.1, 0.15) is 69.5 Å². The molecule has 0 spiro atoms. The van der Waals surface area contributed by atoms with Crippen LogP contribution in [0.25, 0.3) is 0 Å². The second kappa shape index (κ2) is 19.5. The lowest BCUT2D eigenvalue weighted by molar-refractivity contribution is -0.153. The first-order valence-electron chi connectivity index (χ1n) is 19.4. The molecule has 3 N–H and O–H groups in total. The molecule has 319 valence electrons. The van der Waals surface area contributed by atoms with Gasteiger partial charge in [0.25, 0.3) is 0 Å². The summed E-state index contributed by atoms with van der Waals surface area (Å²) in [6, 6.07) is 5.96. The molecule has 2 heterocycles. The fourth-order valence-corrected chi connectivity index (χ4v) is 8.27. The van der Waals surface area contributed by atoms with Crippen molar-refractivity contribution in [2.75, 3.05) is 39.3 Å². The molecule has 0 saturated carbocycles. The number of nitrogens with zero attached hydrogens (tertiary/aromatic N) is 4. The molecule has 0 aromatic heterocycles. The summed E-state index contributed by atoms with van der Waals surface area (Å²) in [6.45, 7) is 9.85. The number of Topliss-reactive ketones (excluding diaryl/α,β-unsaturated/α-hetero) is 1. The summed E-state index contributed by atoms with van der Waals surface area (Å²) in [5.41, 5.74) is -3.07. The maximum absolute atomic E-state index is 15.1. The van der Waals surface area contributed by atoms with Crippen LogP contribution in [0.4, 0.5) is 9.59 Å². The fraction of sp³-hybridized carbons (Fsp3) is 0.487. The highest BCUT2D eigenvalue weighted by atomic mass is 32.3. The maximum atomic E-state index is 15.1. The van der Waals surface area contributed by atoms with E-state index in [-0.39, 0.29) is 43.9 Å². The first-order valence-corrected chi connectivity index (χ1v) is 24.3. The van der Waals surface area contributed by atoms with Gasteiger partial charge in [0.1, 0.15) is 11.8 Å². The highest BCUT2D eigenvalue weighted by Crippen LogP contribution is 2.30. The van der Waals surface area contributed by atoms with Crippen LogP contribution in [0.3, 0.4) is 0 Å². The van der Waals surface area contributed by atoms with Gasteiger partial charge in [-0.15, -0.1) is 0 Å². The lowest BCUT2D eigenvalue weighted by Crippen LogP contribution is -2.64. The summed E-state index contributed by atoms with van der Waals surface area (Å²) >= 11 is 0. The van der Waals surface area contributed by atoms with Crippen molar-refractivity contribution in [1.29, 1.82) is 0 Å². The molecular formula is C39H51N6O12SSi. The van der Waals surface area contributed by atoms with Crippen LogP contribution in [-0.2, 0) is 44.7 Å². The molecule has 2 aliphatic heterocycles. The Kier molecular flexibility index (Phi) is 15.3. The number of rotatable bonds is 18. The number of carbonyl (C=O) groups is 7. The SMILES string of the molecule is CCCCCCCCN1CCN(C(=O)NC(C(=O)C([C]=O)(NC(=O)N2CCN(CC)C(=O)C2=O)c2ccc([Si](C)(C)C)cc2)c2ccc(OS(=O)(=O)O)cc2)C(=O)C1=O. The van der Waals surface area contributed by atoms with Crippen molar-refractivity contribution in [3.8, 4) is 5.75 Å². The number of unbranched alkanes of at least 4 members (excludes halogenated alkanes) is 5. The second-order valence-electron chi connectivity index (χ2n) is 15.3. The molecule has 1 radical (unpaired) electrons.